The fourth-order valence-electron chi connectivity index (χ4n) is 2.10. The van der Waals surface area contributed by atoms with Crippen LogP contribution in [0.5, 0.6) is 5.75 Å². The first-order chi connectivity index (χ1) is 10.4. The molecule has 1 heterocycles. The lowest BCUT2D eigenvalue weighted by molar-refractivity contribution is 0.0682. The number of nitrogens with zero attached hydrogens (tertiary/aromatic N) is 1. The van der Waals surface area contributed by atoms with Crippen LogP contribution in [-0.2, 0) is 4.84 Å². The summed E-state index contributed by atoms with van der Waals surface area (Å²) in [5.41, 5.74) is 4.85. The van der Waals surface area contributed by atoms with E-state index in [0.29, 0.717) is 0 Å². The number of hydroxylamine groups is 1. The molecule has 0 aromatic heterocycles. The average Bonchev–Trinajstić information content (AvgIpc) is 3.03. The largest absolute Gasteiger partial charge is 0.496 e. The van der Waals surface area contributed by atoms with Crippen molar-refractivity contribution in [3.8, 4) is 5.75 Å². The van der Waals surface area contributed by atoms with Gasteiger partial charge in [-0.05, 0) is 12.1 Å². The number of benzene rings is 2. The van der Waals surface area contributed by atoms with Crippen LogP contribution in [0.1, 0.15) is 11.1 Å². The summed E-state index contributed by atoms with van der Waals surface area (Å²) in [4.78, 5) is 9.92. The van der Waals surface area contributed by atoms with Gasteiger partial charge in [0.15, 0.2) is 12.1 Å². The molecule has 4 nitrogen and oxygen atoms in total. The standard InChI is InChI=1S/C17H16N2O2/c1-20-15-10-6-5-7-13(15)11-12-16-18-17(19-21-16)14-8-3-2-4-9-14/h2-12,16H,1H3,(H,18,19)/b12-11+/t16-/m0/s1. The molecule has 0 radical (unpaired) electrons. The van der Waals surface area contributed by atoms with Gasteiger partial charge in [0.2, 0.25) is 0 Å². The molecule has 21 heavy (non-hydrogen) atoms. The van der Waals surface area contributed by atoms with Gasteiger partial charge < -0.3 is 4.74 Å². The lowest BCUT2D eigenvalue weighted by Crippen LogP contribution is -2.18. The van der Waals surface area contributed by atoms with E-state index in [4.69, 9.17) is 9.57 Å². The van der Waals surface area contributed by atoms with E-state index in [1.54, 1.807) is 7.11 Å². The van der Waals surface area contributed by atoms with Crippen molar-refractivity contribution < 1.29 is 9.57 Å². The zero-order valence-electron chi connectivity index (χ0n) is 11.7. The van der Waals surface area contributed by atoms with Gasteiger partial charge in [0.05, 0.1) is 7.11 Å². The van der Waals surface area contributed by atoms with E-state index in [0.717, 1.165) is 22.7 Å². The second-order valence-electron chi connectivity index (χ2n) is 4.56. The van der Waals surface area contributed by atoms with E-state index in [2.05, 4.69) is 10.5 Å². The molecule has 0 bridgehead atoms. The molecule has 0 saturated heterocycles. The smallest absolute Gasteiger partial charge is 0.196 e. The number of para-hydroxylation sites is 1. The highest BCUT2D eigenvalue weighted by molar-refractivity contribution is 5.98. The highest BCUT2D eigenvalue weighted by Gasteiger charge is 2.16. The molecular weight excluding hydrogens is 264 g/mol. The molecule has 1 aliphatic rings. The number of hydrogen-bond acceptors (Lipinski definition) is 4. The predicted molar refractivity (Wildman–Crippen MR) is 83.0 cm³/mol. The van der Waals surface area contributed by atoms with Gasteiger partial charge in [-0.25, -0.2) is 15.3 Å². The van der Waals surface area contributed by atoms with Crippen molar-refractivity contribution in [3.63, 3.8) is 0 Å². The van der Waals surface area contributed by atoms with Crippen LogP contribution < -0.4 is 10.2 Å². The van der Waals surface area contributed by atoms with E-state index in [1.807, 2.05) is 66.7 Å². The monoisotopic (exact) mass is 280 g/mol. The molecule has 1 aliphatic heterocycles. The Morgan fingerprint density at radius 1 is 1.10 bits per heavy atom. The van der Waals surface area contributed by atoms with E-state index in [9.17, 15) is 0 Å². The molecule has 1 atom stereocenters. The highest BCUT2D eigenvalue weighted by atomic mass is 16.7. The highest BCUT2D eigenvalue weighted by Crippen LogP contribution is 2.19. The number of aliphatic imine (C=N–C) groups is 1. The van der Waals surface area contributed by atoms with Gasteiger partial charge in [-0.1, -0.05) is 54.6 Å². The van der Waals surface area contributed by atoms with Crippen LogP contribution in [-0.4, -0.2) is 19.2 Å². The number of methoxy groups -OCH3 is 1. The van der Waals surface area contributed by atoms with Crippen LogP contribution in [0.15, 0.2) is 65.7 Å². The van der Waals surface area contributed by atoms with Crippen LogP contribution in [0.2, 0.25) is 0 Å². The third-order valence-corrected chi connectivity index (χ3v) is 3.16. The van der Waals surface area contributed by atoms with Crippen molar-refractivity contribution in [2.24, 2.45) is 4.99 Å². The number of nitrogens with one attached hydrogen (secondary N) is 1. The number of amidine groups is 1. The minimum atomic E-state index is -0.342. The first-order valence-corrected chi connectivity index (χ1v) is 6.73. The summed E-state index contributed by atoms with van der Waals surface area (Å²) >= 11 is 0. The number of hydrogen-bond donors (Lipinski definition) is 1. The Morgan fingerprint density at radius 2 is 1.86 bits per heavy atom. The maximum atomic E-state index is 5.43. The van der Waals surface area contributed by atoms with Gasteiger partial charge in [0.1, 0.15) is 5.75 Å². The van der Waals surface area contributed by atoms with Gasteiger partial charge in [-0.15, -0.1) is 0 Å². The van der Waals surface area contributed by atoms with Crippen molar-refractivity contribution in [2.75, 3.05) is 7.11 Å². The van der Waals surface area contributed by atoms with E-state index in [1.165, 1.54) is 0 Å². The van der Waals surface area contributed by atoms with E-state index in [-0.39, 0.29) is 6.23 Å². The summed E-state index contributed by atoms with van der Waals surface area (Å²) < 4.78 is 5.31. The van der Waals surface area contributed by atoms with Crippen molar-refractivity contribution in [3.05, 3.63) is 71.8 Å². The zero-order chi connectivity index (χ0) is 14.5. The Hall–Kier alpha value is -2.59. The Balaban J connectivity index is 1.75. The van der Waals surface area contributed by atoms with Crippen molar-refractivity contribution >= 4 is 11.9 Å². The second-order valence-corrected chi connectivity index (χ2v) is 4.56. The molecule has 0 spiro atoms. The molecule has 3 rings (SSSR count). The maximum Gasteiger partial charge on any atom is 0.196 e. The van der Waals surface area contributed by atoms with Gasteiger partial charge in [-0.2, -0.15) is 0 Å². The molecule has 106 valence electrons. The molecule has 2 aromatic carbocycles. The summed E-state index contributed by atoms with van der Waals surface area (Å²) in [5, 5.41) is 0. The summed E-state index contributed by atoms with van der Waals surface area (Å²) in [6.45, 7) is 0. The van der Waals surface area contributed by atoms with Crippen LogP contribution in [0, 0.1) is 0 Å². The minimum Gasteiger partial charge on any atom is -0.496 e. The molecule has 0 aliphatic carbocycles. The zero-order valence-corrected chi connectivity index (χ0v) is 11.7. The normalized spacial score (nSPS) is 17.6. The third kappa shape index (κ3) is 3.12. The third-order valence-electron chi connectivity index (χ3n) is 3.16. The van der Waals surface area contributed by atoms with E-state index >= 15 is 0 Å². The minimum absolute atomic E-state index is 0.342. The van der Waals surface area contributed by atoms with Crippen molar-refractivity contribution in [2.45, 2.75) is 6.23 Å². The average molecular weight is 280 g/mol. The summed E-state index contributed by atoms with van der Waals surface area (Å²) in [6.07, 6.45) is 3.49. The van der Waals surface area contributed by atoms with Crippen molar-refractivity contribution in [1.29, 1.82) is 0 Å². The lowest BCUT2D eigenvalue weighted by Gasteiger charge is -2.04. The number of ether oxygens (including phenoxy) is 1. The Kier molecular flexibility index (Phi) is 3.98. The van der Waals surface area contributed by atoms with Gasteiger partial charge >= 0.3 is 0 Å². The molecule has 2 aromatic rings. The lowest BCUT2D eigenvalue weighted by atomic mass is 10.2. The molecule has 0 saturated carbocycles. The van der Waals surface area contributed by atoms with Gasteiger partial charge in [0, 0.05) is 11.1 Å². The molecular formula is C17H16N2O2. The molecule has 1 N–H and O–H groups in total. The molecule has 0 amide bonds. The molecule has 0 fully saturated rings. The Labute approximate surface area is 123 Å². The maximum absolute atomic E-state index is 5.43. The second kappa shape index (κ2) is 6.24. The quantitative estimate of drug-likeness (QED) is 0.936. The van der Waals surface area contributed by atoms with Crippen molar-refractivity contribution in [1.82, 2.24) is 5.48 Å². The van der Waals surface area contributed by atoms with Crippen LogP contribution in [0.25, 0.3) is 6.08 Å². The fourth-order valence-corrected chi connectivity index (χ4v) is 2.10. The number of rotatable bonds is 4. The Morgan fingerprint density at radius 3 is 2.67 bits per heavy atom. The first kappa shape index (κ1) is 13.4. The summed E-state index contributed by atoms with van der Waals surface area (Å²) in [6, 6.07) is 17.7. The summed E-state index contributed by atoms with van der Waals surface area (Å²) in [5.74, 6) is 1.57. The Bertz CT molecular complexity index is 666. The van der Waals surface area contributed by atoms with Crippen LogP contribution in [0.3, 0.4) is 0 Å². The van der Waals surface area contributed by atoms with Gasteiger partial charge in [0.25, 0.3) is 0 Å². The van der Waals surface area contributed by atoms with Crippen LogP contribution >= 0.6 is 0 Å². The predicted octanol–water partition coefficient (Wildman–Crippen LogP) is 3.02. The fraction of sp³-hybridized carbons (Fsp3) is 0.118. The first-order valence-electron chi connectivity index (χ1n) is 6.73. The molecule has 0 unspecified atom stereocenters. The van der Waals surface area contributed by atoms with Gasteiger partial charge in [-0.3, -0.25) is 0 Å². The SMILES string of the molecule is COc1ccccc1/C=C/[C@H]1N=C(c2ccccc2)NO1. The van der Waals surface area contributed by atoms with E-state index < -0.39 is 0 Å². The topological polar surface area (TPSA) is 42.8 Å². The summed E-state index contributed by atoms with van der Waals surface area (Å²) in [7, 11) is 1.66. The molecule has 4 heteroatoms. The van der Waals surface area contributed by atoms with Crippen LogP contribution in [0.4, 0.5) is 0 Å².